The van der Waals surface area contributed by atoms with Crippen molar-refractivity contribution in [1.82, 2.24) is 10.2 Å². The maximum atomic E-state index is 12.8. The number of ether oxygens (including phenoxy) is 4. The van der Waals surface area contributed by atoms with Crippen LogP contribution in [0.2, 0.25) is 0 Å². The fourth-order valence-corrected chi connectivity index (χ4v) is 3.57. The summed E-state index contributed by atoms with van der Waals surface area (Å²) in [5, 5.41) is 5.63. The van der Waals surface area contributed by atoms with Gasteiger partial charge in [-0.25, -0.2) is 0 Å². The average molecular weight is 426 g/mol. The van der Waals surface area contributed by atoms with Crippen molar-refractivity contribution in [2.24, 2.45) is 0 Å². The smallest absolute Gasteiger partial charge is 0.306 e. The molecule has 1 atom stereocenters. The van der Waals surface area contributed by atoms with E-state index in [0.717, 1.165) is 16.9 Å². The van der Waals surface area contributed by atoms with E-state index < -0.39 is 11.9 Å². The highest BCUT2D eigenvalue weighted by Gasteiger charge is 2.27. The number of methoxy groups -OCH3 is 4. The first-order chi connectivity index (χ1) is 15.0. The number of aromatic nitrogens is 2. The molecule has 1 heterocycles. The topological polar surface area (TPSA) is 103 Å². The molecule has 8 nitrogen and oxygen atoms in total. The summed E-state index contributed by atoms with van der Waals surface area (Å²) < 4.78 is 20.8. The van der Waals surface area contributed by atoms with Crippen molar-refractivity contribution in [1.29, 1.82) is 0 Å². The molecule has 2 N–H and O–H groups in total. The van der Waals surface area contributed by atoms with Gasteiger partial charge in [0, 0.05) is 23.6 Å². The molecule has 31 heavy (non-hydrogen) atoms. The highest BCUT2D eigenvalue weighted by atomic mass is 16.5. The molecule has 1 unspecified atom stereocenters. The molecule has 0 aliphatic carbocycles. The summed E-state index contributed by atoms with van der Waals surface area (Å²) >= 11 is 0. The standard InChI is InChI=1S/C23H26N2O6/c1-28-16-8-5-14(6-9-16)11-18-22(23(27)25-24-18)17(13-21(26)31-4)15-7-10-19(29-2)20(12-15)30-3/h5-10,12,17H,11,13H2,1-4H3,(H2,24,25,27). The maximum absolute atomic E-state index is 12.8. The first-order valence-electron chi connectivity index (χ1n) is 9.71. The largest absolute Gasteiger partial charge is 0.497 e. The molecule has 3 rings (SSSR count). The summed E-state index contributed by atoms with van der Waals surface area (Å²) in [5.41, 5.74) is 2.62. The molecule has 0 bridgehead atoms. The van der Waals surface area contributed by atoms with Gasteiger partial charge in [0.15, 0.2) is 11.5 Å². The first kappa shape index (κ1) is 22.0. The van der Waals surface area contributed by atoms with E-state index in [4.69, 9.17) is 18.9 Å². The number of carbonyl (C=O) groups excluding carboxylic acids is 1. The molecule has 0 aliphatic heterocycles. The lowest BCUT2D eigenvalue weighted by Gasteiger charge is -2.18. The predicted octanol–water partition coefficient (Wildman–Crippen LogP) is 3.01. The van der Waals surface area contributed by atoms with Gasteiger partial charge in [-0.15, -0.1) is 0 Å². The second kappa shape index (κ2) is 9.88. The molecule has 0 saturated heterocycles. The molecule has 0 fully saturated rings. The van der Waals surface area contributed by atoms with Crippen LogP contribution in [0.15, 0.2) is 47.3 Å². The maximum Gasteiger partial charge on any atom is 0.306 e. The normalized spacial score (nSPS) is 11.6. The van der Waals surface area contributed by atoms with Gasteiger partial charge in [0.2, 0.25) is 0 Å². The monoisotopic (exact) mass is 426 g/mol. The van der Waals surface area contributed by atoms with Crippen molar-refractivity contribution in [3.05, 3.63) is 75.2 Å². The van der Waals surface area contributed by atoms with Crippen LogP contribution in [0.4, 0.5) is 0 Å². The number of nitrogens with one attached hydrogen (secondary N) is 2. The fourth-order valence-electron chi connectivity index (χ4n) is 3.57. The molecule has 2 aromatic carbocycles. The van der Waals surface area contributed by atoms with Crippen molar-refractivity contribution in [3.8, 4) is 17.2 Å². The van der Waals surface area contributed by atoms with E-state index >= 15 is 0 Å². The molecule has 164 valence electrons. The molecule has 0 saturated carbocycles. The van der Waals surface area contributed by atoms with Crippen LogP contribution in [0, 0.1) is 0 Å². The second-order valence-electron chi connectivity index (χ2n) is 6.94. The van der Waals surface area contributed by atoms with E-state index in [1.54, 1.807) is 26.4 Å². The van der Waals surface area contributed by atoms with E-state index in [0.29, 0.717) is 29.2 Å². The van der Waals surface area contributed by atoms with Crippen molar-refractivity contribution < 1.29 is 23.7 Å². The Kier molecular flexibility index (Phi) is 7.02. The second-order valence-corrected chi connectivity index (χ2v) is 6.94. The number of benzene rings is 2. The minimum absolute atomic E-state index is 0.00251. The van der Waals surface area contributed by atoms with Crippen molar-refractivity contribution in [3.63, 3.8) is 0 Å². The average Bonchev–Trinajstić information content (AvgIpc) is 3.16. The lowest BCUT2D eigenvalue weighted by atomic mass is 9.87. The number of hydrogen-bond acceptors (Lipinski definition) is 6. The number of aromatic amines is 2. The van der Waals surface area contributed by atoms with Gasteiger partial charge in [0.1, 0.15) is 5.75 Å². The number of carbonyl (C=O) groups is 1. The quantitative estimate of drug-likeness (QED) is 0.510. The third kappa shape index (κ3) is 4.91. The number of hydrogen-bond donors (Lipinski definition) is 2. The number of rotatable bonds is 9. The Balaban J connectivity index is 2.04. The van der Waals surface area contributed by atoms with Crippen LogP contribution in [-0.4, -0.2) is 44.6 Å². The Morgan fingerprint density at radius 3 is 2.23 bits per heavy atom. The first-order valence-corrected chi connectivity index (χ1v) is 9.71. The zero-order valence-electron chi connectivity index (χ0n) is 18.0. The lowest BCUT2D eigenvalue weighted by molar-refractivity contribution is -0.140. The molecule has 1 aromatic heterocycles. The van der Waals surface area contributed by atoms with Gasteiger partial charge in [-0.3, -0.25) is 14.7 Å². The minimum atomic E-state index is -0.532. The van der Waals surface area contributed by atoms with Gasteiger partial charge >= 0.3 is 5.97 Å². The summed E-state index contributed by atoms with van der Waals surface area (Å²) in [6, 6.07) is 12.9. The van der Waals surface area contributed by atoms with Gasteiger partial charge < -0.3 is 24.0 Å². The molecule has 0 amide bonds. The van der Waals surface area contributed by atoms with Crippen molar-refractivity contribution in [2.75, 3.05) is 28.4 Å². The van der Waals surface area contributed by atoms with Gasteiger partial charge in [0.05, 0.1) is 34.9 Å². The van der Waals surface area contributed by atoms with E-state index in [2.05, 4.69) is 10.2 Å². The summed E-state index contributed by atoms with van der Waals surface area (Å²) in [6.07, 6.45) is 0.478. The minimum Gasteiger partial charge on any atom is -0.497 e. The highest BCUT2D eigenvalue weighted by Crippen LogP contribution is 2.35. The van der Waals surface area contributed by atoms with Crippen LogP contribution in [0.1, 0.15) is 34.7 Å². The Hall–Kier alpha value is -3.68. The van der Waals surface area contributed by atoms with E-state index in [9.17, 15) is 9.59 Å². The lowest BCUT2D eigenvalue weighted by Crippen LogP contribution is -2.18. The van der Waals surface area contributed by atoms with Gasteiger partial charge in [-0.1, -0.05) is 18.2 Å². The summed E-state index contributed by atoms with van der Waals surface area (Å²) in [5.74, 6) is 0.870. The molecule has 0 radical (unpaired) electrons. The molecular formula is C23H26N2O6. The Morgan fingerprint density at radius 2 is 1.61 bits per heavy atom. The molecular weight excluding hydrogens is 400 g/mol. The van der Waals surface area contributed by atoms with Crippen LogP contribution < -0.4 is 19.8 Å². The van der Waals surface area contributed by atoms with Crippen molar-refractivity contribution in [2.45, 2.75) is 18.8 Å². The highest BCUT2D eigenvalue weighted by molar-refractivity contribution is 5.71. The zero-order chi connectivity index (χ0) is 22.4. The third-order valence-electron chi connectivity index (χ3n) is 5.19. The van der Waals surface area contributed by atoms with Crippen LogP contribution >= 0.6 is 0 Å². The van der Waals surface area contributed by atoms with Crippen LogP contribution in [0.5, 0.6) is 17.2 Å². The Labute approximate surface area is 180 Å². The van der Waals surface area contributed by atoms with Crippen LogP contribution in [0.25, 0.3) is 0 Å². The molecule has 0 spiro atoms. The zero-order valence-corrected chi connectivity index (χ0v) is 18.0. The van der Waals surface area contributed by atoms with Gasteiger partial charge in [0.25, 0.3) is 5.56 Å². The Morgan fingerprint density at radius 1 is 0.903 bits per heavy atom. The Bertz CT molecular complexity index is 1080. The number of esters is 1. The molecule has 3 aromatic rings. The molecule has 0 aliphatic rings. The fraction of sp³-hybridized carbons (Fsp3) is 0.304. The van der Waals surface area contributed by atoms with Crippen LogP contribution in [-0.2, 0) is 16.0 Å². The number of H-pyrrole nitrogens is 2. The third-order valence-corrected chi connectivity index (χ3v) is 5.19. The van der Waals surface area contributed by atoms with Gasteiger partial charge in [-0.05, 0) is 35.4 Å². The summed E-state index contributed by atoms with van der Waals surface area (Å²) in [7, 11) is 6.02. The van der Waals surface area contributed by atoms with E-state index in [1.807, 2.05) is 30.3 Å². The van der Waals surface area contributed by atoms with E-state index in [1.165, 1.54) is 14.2 Å². The molecule has 8 heteroatoms. The van der Waals surface area contributed by atoms with Gasteiger partial charge in [-0.2, -0.15) is 0 Å². The SMILES string of the molecule is COC(=O)CC(c1ccc(OC)c(OC)c1)c1c(Cc2ccc(OC)cc2)[nH][nH]c1=O. The van der Waals surface area contributed by atoms with E-state index in [-0.39, 0.29) is 12.0 Å². The predicted molar refractivity (Wildman–Crippen MR) is 115 cm³/mol. The summed E-state index contributed by atoms with van der Waals surface area (Å²) in [6.45, 7) is 0. The van der Waals surface area contributed by atoms with Crippen LogP contribution in [0.3, 0.4) is 0 Å². The summed E-state index contributed by atoms with van der Waals surface area (Å²) in [4.78, 5) is 25.0. The van der Waals surface area contributed by atoms with Crippen molar-refractivity contribution >= 4 is 5.97 Å².